The van der Waals surface area contributed by atoms with Gasteiger partial charge in [-0.25, -0.2) is 9.67 Å². The summed E-state index contributed by atoms with van der Waals surface area (Å²) in [6.07, 6.45) is 3.15. The number of amides is 1. The minimum atomic E-state index is -0.0229. The number of carbonyl (C=O) groups is 1. The summed E-state index contributed by atoms with van der Waals surface area (Å²) in [5, 5.41) is 4.38. The van der Waals surface area contributed by atoms with Crippen LogP contribution in [0.25, 0.3) is 0 Å². The van der Waals surface area contributed by atoms with E-state index in [1.807, 2.05) is 23.4 Å². The Morgan fingerprint density at radius 1 is 1.39 bits per heavy atom. The molecule has 3 atom stereocenters. The summed E-state index contributed by atoms with van der Waals surface area (Å²) in [5.74, 6) is 2.37. The molecule has 3 rings (SSSR count). The van der Waals surface area contributed by atoms with Crippen LogP contribution in [0, 0.1) is 25.7 Å². The fourth-order valence-electron chi connectivity index (χ4n) is 3.84. The van der Waals surface area contributed by atoms with Crippen LogP contribution in [0.1, 0.15) is 30.9 Å². The molecule has 2 fully saturated rings. The van der Waals surface area contributed by atoms with Gasteiger partial charge in [-0.15, -0.1) is 0 Å². The average Bonchev–Trinajstić information content (AvgIpc) is 3.13. The van der Waals surface area contributed by atoms with Gasteiger partial charge in [0.1, 0.15) is 11.6 Å². The Labute approximate surface area is 137 Å². The van der Waals surface area contributed by atoms with Crippen molar-refractivity contribution < 1.29 is 9.53 Å². The van der Waals surface area contributed by atoms with E-state index < -0.39 is 0 Å². The summed E-state index contributed by atoms with van der Waals surface area (Å²) in [7, 11) is 0. The van der Waals surface area contributed by atoms with Gasteiger partial charge in [0.25, 0.3) is 0 Å². The van der Waals surface area contributed by atoms with Crippen LogP contribution >= 0.6 is 0 Å². The normalized spacial score (nSPS) is 28.3. The Morgan fingerprint density at radius 3 is 2.91 bits per heavy atom. The molecule has 7 heteroatoms. The SMILES string of the molecule is Cc1nc(C)n(CC2CN(C(=O)[C@@H]3CCC[C@@H]3CN)CCO2)n1. The molecule has 1 unspecified atom stereocenters. The Bertz CT molecular complexity index is 559. The van der Waals surface area contributed by atoms with Crippen LogP contribution in [0.15, 0.2) is 0 Å². The molecule has 1 aliphatic carbocycles. The van der Waals surface area contributed by atoms with Gasteiger partial charge < -0.3 is 15.4 Å². The number of nitrogens with zero attached hydrogens (tertiary/aromatic N) is 4. The fourth-order valence-corrected chi connectivity index (χ4v) is 3.84. The van der Waals surface area contributed by atoms with Gasteiger partial charge in [0, 0.05) is 19.0 Å². The molecule has 2 aliphatic rings. The zero-order chi connectivity index (χ0) is 16.4. The van der Waals surface area contributed by atoms with Crippen molar-refractivity contribution in [2.24, 2.45) is 17.6 Å². The number of aromatic nitrogens is 3. The fraction of sp³-hybridized carbons (Fsp3) is 0.812. The lowest BCUT2D eigenvalue weighted by Crippen LogP contribution is -2.50. The van der Waals surface area contributed by atoms with Crippen molar-refractivity contribution in [3.05, 3.63) is 11.6 Å². The minimum absolute atomic E-state index is 0.0229. The Kier molecular flexibility index (Phi) is 4.96. The van der Waals surface area contributed by atoms with Crippen LogP contribution in [0.4, 0.5) is 0 Å². The third kappa shape index (κ3) is 3.55. The van der Waals surface area contributed by atoms with E-state index in [1.54, 1.807) is 0 Å². The van der Waals surface area contributed by atoms with E-state index in [1.165, 1.54) is 0 Å². The van der Waals surface area contributed by atoms with Crippen LogP contribution in [0.5, 0.6) is 0 Å². The first-order valence-electron chi connectivity index (χ1n) is 8.57. The molecule has 0 bridgehead atoms. The van der Waals surface area contributed by atoms with Crippen molar-refractivity contribution in [1.29, 1.82) is 0 Å². The lowest BCUT2D eigenvalue weighted by molar-refractivity contribution is -0.144. The summed E-state index contributed by atoms with van der Waals surface area (Å²) in [6, 6.07) is 0. The first kappa shape index (κ1) is 16.4. The third-order valence-corrected chi connectivity index (χ3v) is 5.07. The van der Waals surface area contributed by atoms with Crippen LogP contribution in [0.2, 0.25) is 0 Å². The highest BCUT2D eigenvalue weighted by Crippen LogP contribution is 2.32. The molecule has 2 N–H and O–H groups in total. The van der Waals surface area contributed by atoms with E-state index in [0.717, 1.165) is 30.9 Å². The molecule has 1 saturated heterocycles. The number of ether oxygens (including phenoxy) is 1. The van der Waals surface area contributed by atoms with E-state index in [2.05, 4.69) is 10.1 Å². The molecule has 1 aromatic heterocycles. The second kappa shape index (κ2) is 6.97. The van der Waals surface area contributed by atoms with Crippen LogP contribution in [-0.4, -0.2) is 57.9 Å². The van der Waals surface area contributed by atoms with Crippen molar-refractivity contribution >= 4 is 5.91 Å². The van der Waals surface area contributed by atoms with Crippen molar-refractivity contribution in [2.75, 3.05) is 26.2 Å². The molecule has 1 amide bonds. The lowest BCUT2D eigenvalue weighted by atomic mass is 9.94. The van der Waals surface area contributed by atoms with E-state index in [9.17, 15) is 4.79 Å². The van der Waals surface area contributed by atoms with Crippen LogP contribution in [-0.2, 0) is 16.1 Å². The summed E-state index contributed by atoms with van der Waals surface area (Å²) in [4.78, 5) is 19.1. The quantitative estimate of drug-likeness (QED) is 0.872. The zero-order valence-corrected chi connectivity index (χ0v) is 14.1. The van der Waals surface area contributed by atoms with E-state index >= 15 is 0 Å². The molecule has 128 valence electrons. The number of nitrogens with two attached hydrogens (primary N) is 1. The molecule has 0 aromatic carbocycles. The van der Waals surface area contributed by atoms with Crippen molar-refractivity contribution in [2.45, 2.75) is 45.8 Å². The van der Waals surface area contributed by atoms with E-state index in [0.29, 0.717) is 38.7 Å². The summed E-state index contributed by atoms with van der Waals surface area (Å²) in [6.45, 7) is 6.97. The highest BCUT2D eigenvalue weighted by molar-refractivity contribution is 5.79. The number of rotatable bonds is 4. The molecule has 23 heavy (non-hydrogen) atoms. The number of hydrogen-bond acceptors (Lipinski definition) is 5. The standard InChI is InChI=1S/C16H27N5O2/c1-11-18-12(2)21(19-11)10-14-9-20(6-7-23-14)16(22)15-5-3-4-13(15)8-17/h13-15H,3-10,17H2,1-2H3/t13-,14?,15-/m1/s1. The summed E-state index contributed by atoms with van der Waals surface area (Å²) < 4.78 is 7.70. The molecule has 1 aliphatic heterocycles. The summed E-state index contributed by atoms with van der Waals surface area (Å²) >= 11 is 0. The highest BCUT2D eigenvalue weighted by atomic mass is 16.5. The Balaban J connectivity index is 1.61. The van der Waals surface area contributed by atoms with Crippen molar-refractivity contribution in [3.8, 4) is 0 Å². The van der Waals surface area contributed by atoms with Gasteiger partial charge in [-0.3, -0.25) is 4.79 Å². The molecule has 0 radical (unpaired) electrons. The maximum atomic E-state index is 12.8. The first-order chi connectivity index (χ1) is 11.1. The van der Waals surface area contributed by atoms with E-state index in [-0.39, 0.29) is 17.9 Å². The maximum absolute atomic E-state index is 12.8. The number of carbonyl (C=O) groups excluding carboxylic acids is 1. The Morgan fingerprint density at radius 2 is 2.22 bits per heavy atom. The minimum Gasteiger partial charge on any atom is -0.373 e. The second-order valence-corrected chi connectivity index (χ2v) is 6.70. The smallest absolute Gasteiger partial charge is 0.226 e. The predicted octanol–water partition coefficient (Wildman–Crippen LogP) is 0.497. The largest absolute Gasteiger partial charge is 0.373 e. The molecular formula is C16H27N5O2. The maximum Gasteiger partial charge on any atom is 0.226 e. The monoisotopic (exact) mass is 321 g/mol. The van der Waals surface area contributed by atoms with Gasteiger partial charge in [0.2, 0.25) is 5.91 Å². The molecule has 1 saturated carbocycles. The van der Waals surface area contributed by atoms with Gasteiger partial charge in [-0.1, -0.05) is 6.42 Å². The summed E-state index contributed by atoms with van der Waals surface area (Å²) in [5.41, 5.74) is 5.83. The lowest BCUT2D eigenvalue weighted by Gasteiger charge is -2.35. The molecule has 7 nitrogen and oxygen atoms in total. The Hall–Kier alpha value is -1.47. The molecule has 0 spiro atoms. The molecule has 2 heterocycles. The number of aryl methyl sites for hydroxylation is 2. The molecular weight excluding hydrogens is 294 g/mol. The molecule has 1 aromatic rings. The highest BCUT2D eigenvalue weighted by Gasteiger charge is 2.36. The van der Waals surface area contributed by atoms with Crippen molar-refractivity contribution in [1.82, 2.24) is 19.7 Å². The zero-order valence-electron chi connectivity index (χ0n) is 14.1. The van der Waals surface area contributed by atoms with E-state index in [4.69, 9.17) is 10.5 Å². The number of morpholine rings is 1. The van der Waals surface area contributed by atoms with Crippen LogP contribution < -0.4 is 5.73 Å². The van der Waals surface area contributed by atoms with Gasteiger partial charge in [0.15, 0.2) is 0 Å². The average molecular weight is 321 g/mol. The second-order valence-electron chi connectivity index (χ2n) is 6.70. The number of hydrogen-bond donors (Lipinski definition) is 1. The van der Waals surface area contributed by atoms with Crippen molar-refractivity contribution in [3.63, 3.8) is 0 Å². The van der Waals surface area contributed by atoms with Gasteiger partial charge >= 0.3 is 0 Å². The third-order valence-electron chi connectivity index (χ3n) is 5.07. The topological polar surface area (TPSA) is 86.3 Å². The van der Waals surface area contributed by atoms with Gasteiger partial charge in [-0.05, 0) is 39.2 Å². The predicted molar refractivity (Wildman–Crippen MR) is 85.7 cm³/mol. The first-order valence-corrected chi connectivity index (χ1v) is 8.57. The van der Waals surface area contributed by atoms with Gasteiger partial charge in [-0.2, -0.15) is 5.10 Å². The van der Waals surface area contributed by atoms with Crippen LogP contribution in [0.3, 0.4) is 0 Å². The van der Waals surface area contributed by atoms with Gasteiger partial charge in [0.05, 0.1) is 19.3 Å².